The van der Waals surface area contributed by atoms with Crippen LogP contribution in [-0.2, 0) is 23.6 Å². The molecule has 0 spiro atoms. The van der Waals surface area contributed by atoms with Crippen molar-refractivity contribution in [2.45, 2.75) is 18.4 Å². The fourth-order valence-electron chi connectivity index (χ4n) is 1.63. The molecule has 2 aromatic rings. The van der Waals surface area contributed by atoms with Crippen LogP contribution in [0.25, 0.3) is 0 Å². The summed E-state index contributed by atoms with van der Waals surface area (Å²) in [5.41, 5.74) is 2.33. The van der Waals surface area contributed by atoms with Gasteiger partial charge in [-0.25, -0.2) is 22.9 Å². The predicted molar refractivity (Wildman–Crippen MR) is 73.2 cm³/mol. The van der Waals surface area contributed by atoms with Gasteiger partial charge in [-0.05, 0) is 13.0 Å². The lowest BCUT2D eigenvalue weighted by Crippen LogP contribution is -2.22. The Hall–Kier alpha value is -1.71. The third-order valence-electron chi connectivity index (χ3n) is 2.78. The molecule has 7 nitrogen and oxygen atoms in total. The lowest BCUT2D eigenvalue weighted by molar-refractivity contribution is 0.0686. The van der Waals surface area contributed by atoms with Crippen LogP contribution >= 0.6 is 11.3 Å². The summed E-state index contributed by atoms with van der Waals surface area (Å²) in [6.07, 6.45) is 1.27. The van der Waals surface area contributed by atoms with Gasteiger partial charge < -0.3 is 9.67 Å². The molecular weight excluding hydrogens is 302 g/mol. The highest BCUT2D eigenvalue weighted by atomic mass is 32.2. The van der Waals surface area contributed by atoms with Crippen molar-refractivity contribution in [3.63, 3.8) is 0 Å². The summed E-state index contributed by atoms with van der Waals surface area (Å²) in [5.74, 6) is -1.17. The summed E-state index contributed by atoms with van der Waals surface area (Å²) in [6.45, 7) is 1.93. The third kappa shape index (κ3) is 2.89. The Labute approximate surface area is 119 Å². The number of thiazole rings is 1. The molecule has 0 radical (unpaired) electrons. The van der Waals surface area contributed by atoms with Crippen molar-refractivity contribution in [1.82, 2.24) is 14.3 Å². The van der Waals surface area contributed by atoms with Gasteiger partial charge in [0.2, 0.25) is 10.0 Å². The Morgan fingerprint density at radius 2 is 2.25 bits per heavy atom. The second kappa shape index (κ2) is 5.35. The summed E-state index contributed by atoms with van der Waals surface area (Å²) in [7, 11) is -2.26. The number of aromatic carboxylic acids is 1. The lowest BCUT2D eigenvalue weighted by atomic mass is 10.4. The van der Waals surface area contributed by atoms with Crippen molar-refractivity contribution < 1.29 is 18.3 Å². The minimum Gasteiger partial charge on any atom is -0.477 e. The van der Waals surface area contributed by atoms with E-state index in [9.17, 15) is 13.2 Å². The number of carbonyl (C=O) groups is 1. The van der Waals surface area contributed by atoms with Crippen molar-refractivity contribution >= 4 is 27.3 Å². The lowest BCUT2D eigenvalue weighted by Gasteiger charge is -2.03. The van der Waals surface area contributed by atoms with Crippen molar-refractivity contribution in [3.05, 3.63) is 34.0 Å². The first-order chi connectivity index (χ1) is 9.31. The molecule has 0 fully saturated rings. The van der Waals surface area contributed by atoms with Crippen LogP contribution in [0.15, 0.2) is 22.7 Å². The number of sulfonamides is 1. The Kier molecular flexibility index (Phi) is 3.93. The SMILES string of the molecule is Cc1ncsc1CNS(=O)(=O)c1cc(C(=O)O)n(C)c1. The van der Waals surface area contributed by atoms with Crippen LogP contribution in [0.5, 0.6) is 0 Å². The highest BCUT2D eigenvalue weighted by molar-refractivity contribution is 7.89. The monoisotopic (exact) mass is 315 g/mol. The molecule has 0 atom stereocenters. The summed E-state index contributed by atoms with van der Waals surface area (Å²) in [6, 6.07) is 1.13. The maximum atomic E-state index is 12.1. The molecule has 0 bridgehead atoms. The average molecular weight is 315 g/mol. The largest absolute Gasteiger partial charge is 0.477 e. The van der Waals surface area contributed by atoms with Gasteiger partial charge in [-0.1, -0.05) is 0 Å². The molecule has 0 saturated heterocycles. The van der Waals surface area contributed by atoms with Gasteiger partial charge in [-0.15, -0.1) is 11.3 Å². The fraction of sp³-hybridized carbons (Fsp3) is 0.273. The van der Waals surface area contributed by atoms with Gasteiger partial charge in [-0.3, -0.25) is 0 Å². The van der Waals surface area contributed by atoms with E-state index in [0.717, 1.165) is 16.6 Å². The number of rotatable bonds is 5. The molecule has 0 aliphatic heterocycles. The summed E-state index contributed by atoms with van der Waals surface area (Å²) in [5, 5.41) is 8.92. The van der Waals surface area contributed by atoms with Crippen molar-refractivity contribution in [1.29, 1.82) is 0 Å². The second-order valence-electron chi connectivity index (χ2n) is 4.16. The van der Waals surface area contributed by atoms with Crippen molar-refractivity contribution in [2.75, 3.05) is 0 Å². The van der Waals surface area contributed by atoms with E-state index >= 15 is 0 Å². The van der Waals surface area contributed by atoms with E-state index < -0.39 is 16.0 Å². The third-order valence-corrected chi connectivity index (χ3v) is 5.08. The number of hydrogen-bond donors (Lipinski definition) is 2. The Morgan fingerprint density at radius 3 is 2.75 bits per heavy atom. The minimum absolute atomic E-state index is 0.0698. The number of aromatic nitrogens is 2. The molecular formula is C11H13N3O4S2. The molecule has 0 unspecified atom stereocenters. The number of carboxylic acid groups (broad SMARTS) is 1. The number of nitrogens with zero attached hydrogens (tertiary/aromatic N) is 2. The maximum absolute atomic E-state index is 12.1. The van der Waals surface area contributed by atoms with E-state index in [1.54, 1.807) is 12.4 Å². The van der Waals surface area contributed by atoms with E-state index in [1.807, 2.05) is 0 Å². The van der Waals surface area contributed by atoms with Gasteiger partial charge in [0.1, 0.15) is 10.6 Å². The van der Waals surface area contributed by atoms with Crippen LogP contribution in [-0.4, -0.2) is 29.0 Å². The van der Waals surface area contributed by atoms with Crippen LogP contribution in [0.1, 0.15) is 21.1 Å². The predicted octanol–water partition coefficient (Wildman–Crippen LogP) is 0.967. The molecule has 9 heteroatoms. The zero-order valence-corrected chi connectivity index (χ0v) is 12.5. The highest BCUT2D eigenvalue weighted by Gasteiger charge is 2.20. The molecule has 108 valence electrons. The summed E-state index contributed by atoms with van der Waals surface area (Å²) >= 11 is 1.36. The van der Waals surface area contributed by atoms with Crippen LogP contribution < -0.4 is 4.72 Å². The molecule has 2 heterocycles. The molecule has 0 saturated carbocycles. The van der Waals surface area contributed by atoms with E-state index in [1.165, 1.54) is 29.1 Å². The number of hydrogen-bond acceptors (Lipinski definition) is 5. The zero-order chi connectivity index (χ0) is 14.9. The fourth-order valence-corrected chi connectivity index (χ4v) is 3.51. The molecule has 2 aromatic heterocycles. The molecule has 0 amide bonds. The quantitative estimate of drug-likeness (QED) is 0.856. The molecule has 0 aromatic carbocycles. The Morgan fingerprint density at radius 1 is 1.55 bits per heavy atom. The van der Waals surface area contributed by atoms with Gasteiger partial charge in [0.15, 0.2) is 0 Å². The van der Waals surface area contributed by atoms with Crippen LogP contribution in [0.4, 0.5) is 0 Å². The van der Waals surface area contributed by atoms with Gasteiger partial charge in [0.05, 0.1) is 11.2 Å². The molecule has 20 heavy (non-hydrogen) atoms. The first-order valence-electron chi connectivity index (χ1n) is 5.59. The van der Waals surface area contributed by atoms with E-state index in [2.05, 4.69) is 9.71 Å². The maximum Gasteiger partial charge on any atom is 0.352 e. The van der Waals surface area contributed by atoms with E-state index in [-0.39, 0.29) is 17.1 Å². The van der Waals surface area contributed by atoms with E-state index in [4.69, 9.17) is 5.11 Å². The van der Waals surface area contributed by atoms with Crippen molar-refractivity contribution in [3.8, 4) is 0 Å². The molecule has 2 N–H and O–H groups in total. The summed E-state index contributed by atoms with van der Waals surface area (Å²) in [4.78, 5) is 15.7. The van der Waals surface area contributed by atoms with Gasteiger partial charge in [0, 0.05) is 24.7 Å². The average Bonchev–Trinajstić information content (AvgIpc) is 2.93. The smallest absolute Gasteiger partial charge is 0.352 e. The number of nitrogens with one attached hydrogen (secondary N) is 1. The first-order valence-corrected chi connectivity index (χ1v) is 7.96. The summed E-state index contributed by atoms with van der Waals surface area (Å²) < 4.78 is 27.9. The number of aryl methyl sites for hydroxylation is 2. The van der Waals surface area contributed by atoms with Gasteiger partial charge in [-0.2, -0.15) is 0 Å². The van der Waals surface area contributed by atoms with Gasteiger partial charge in [0.25, 0.3) is 0 Å². The molecule has 0 aliphatic rings. The molecule has 2 rings (SSSR count). The first kappa shape index (κ1) is 14.7. The highest BCUT2D eigenvalue weighted by Crippen LogP contribution is 2.16. The van der Waals surface area contributed by atoms with Crippen molar-refractivity contribution in [2.24, 2.45) is 7.05 Å². The van der Waals surface area contributed by atoms with Gasteiger partial charge >= 0.3 is 5.97 Å². The Bertz CT molecular complexity index is 746. The van der Waals surface area contributed by atoms with Crippen LogP contribution in [0.2, 0.25) is 0 Å². The van der Waals surface area contributed by atoms with Crippen LogP contribution in [0, 0.1) is 6.92 Å². The second-order valence-corrected chi connectivity index (χ2v) is 6.87. The standard InChI is InChI=1S/C11H13N3O4S2/c1-7-10(19-6-12-7)4-13-20(17,18)8-3-9(11(15)16)14(2)5-8/h3,5-6,13H,4H2,1-2H3,(H,15,16). The molecule has 0 aliphatic carbocycles. The van der Waals surface area contributed by atoms with E-state index in [0.29, 0.717) is 0 Å². The number of carboxylic acids is 1. The zero-order valence-electron chi connectivity index (χ0n) is 10.8. The Balaban J connectivity index is 2.20. The normalized spacial score (nSPS) is 11.7. The van der Waals surface area contributed by atoms with Crippen LogP contribution in [0.3, 0.4) is 0 Å². The topological polar surface area (TPSA) is 101 Å². The minimum atomic E-state index is -3.74.